The lowest BCUT2D eigenvalue weighted by molar-refractivity contribution is -0.135. The number of carbonyl (C=O) groups is 1. The summed E-state index contributed by atoms with van der Waals surface area (Å²) in [5, 5.41) is 0. The molecule has 3 fully saturated rings. The van der Waals surface area contributed by atoms with E-state index in [-0.39, 0.29) is 5.92 Å². The van der Waals surface area contributed by atoms with Gasteiger partial charge >= 0.3 is 0 Å². The molecular formula is C19H35N3O2. The van der Waals surface area contributed by atoms with Gasteiger partial charge in [-0.1, -0.05) is 19.3 Å². The van der Waals surface area contributed by atoms with Crippen LogP contribution in [0.3, 0.4) is 0 Å². The molecule has 5 heteroatoms. The molecule has 0 aromatic heterocycles. The SMILES string of the molecule is COCCN1CC[C@H](C(=O)N2CCCN(C3CCCCC3)CC2)C1. The summed E-state index contributed by atoms with van der Waals surface area (Å²) in [5.74, 6) is 0.614. The molecule has 3 rings (SSSR count). The zero-order chi connectivity index (χ0) is 16.8. The Morgan fingerprint density at radius 1 is 0.958 bits per heavy atom. The highest BCUT2D eigenvalue weighted by molar-refractivity contribution is 5.79. The molecule has 0 unspecified atom stereocenters. The first kappa shape index (κ1) is 18.2. The first-order valence-corrected chi connectivity index (χ1v) is 10.0. The fourth-order valence-electron chi connectivity index (χ4n) is 4.69. The van der Waals surface area contributed by atoms with Gasteiger partial charge in [0.25, 0.3) is 0 Å². The number of carbonyl (C=O) groups excluding carboxylic acids is 1. The van der Waals surface area contributed by atoms with Crippen LogP contribution in [0.1, 0.15) is 44.9 Å². The maximum Gasteiger partial charge on any atom is 0.227 e. The van der Waals surface area contributed by atoms with Crippen LogP contribution in [0.5, 0.6) is 0 Å². The molecule has 0 bridgehead atoms. The van der Waals surface area contributed by atoms with Gasteiger partial charge in [-0.05, 0) is 32.2 Å². The molecule has 1 atom stereocenters. The minimum absolute atomic E-state index is 0.211. The molecule has 0 aromatic carbocycles. The predicted octanol–water partition coefficient (Wildman–Crippen LogP) is 1.82. The molecule has 2 saturated heterocycles. The average Bonchev–Trinajstić information content (AvgIpc) is 2.96. The highest BCUT2D eigenvalue weighted by atomic mass is 16.5. The number of hydrogen-bond acceptors (Lipinski definition) is 4. The largest absolute Gasteiger partial charge is 0.383 e. The lowest BCUT2D eigenvalue weighted by Crippen LogP contribution is -2.42. The van der Waals surface area contributed by atoms with Crippen molar-refractivity contribution in [3.63, 3.8) is 0 Å². The molecule has 0 radical (unpaired) electrons. The molecule has 2 heterocycles. The fourth-order valence-corrected chi connectivity index (χ4v) is 4.69. The summed E-state index contributed by atoms with van der Waals surface area (Å²) < 4.78 is 5.16. The van der Waals surface area contributed by atoms with Crippen molar-refractivity contribution < 1.29 is 9.53 Å². The summed E-state index contributed by atoms with van der Waals surface area (Å²) in [7, 11) is 1.74. The van der Waals surface area contributed by atoms with E-state index in [4.69, 9.17) is 4.74 Å². The molecular weight excluding hydrogens is 302 g/mol. The van der Waals surface area contributed by atoms with Crippen LogP contribution in [0.25, 0.3) is 0 Å². The molecule has 5 nitrogen and oxygen atoms in total. The van der Waals surface area contributed by atoms with Crippen molar-refractivity contribution in [3.05, 3.63) is 0 Å². The zero-order valence-electron chi connectivity index (χ0n) is 15.4. The molecule has 2 aliphatic heterocycles. The maximum atomic E-state index is 12.9. The molecule has 0 aromatic rings. The molecule has 0 N–H and O–H groups in total. The first-order chi connectivity index (χ1) is 11.8. The van der Waals surface area contributed by atoms with E-state index in [1.54, 1.807) is 7.11 Å². The summed E-state index contributed by atoms with van der Waals surface area (Å²) in [4.78, 5) is 20.1. The number of amides is 1. The Bertz CT molecular complexity index is 398. The summed E-state index contributed by atoms with van der Waals surface area (Å²) in [6.07, 6.45) is 9.09. The number of rotatable bonds is 5. The highest BCUT2D eigenvalue weighted by Gasteiger charge is 2.32. The predicted molar refractivity (Wildman–Crippen MR) is 96.1 cm³/mol. The molecule has 24 heavy (non-hydrogen) atoms. The lowest BCUT2D eigenvalue weighted by atomic mass is 9.94. The summed E-state index contributed by atoms with van der Waals surface area (Å²) in [5.41, 5.74) is 0. The van der Waals surface area contributed by atoms with E-state index in [1.807, 2.05) is 0 Å². The van der Waals surface area contributed by atoms with Gasteiger partial charge in [0.15, 0.2) is 0 Å². The third kappa shape index (κ3) is 4.70. The van der Waals surface area contributed by atoms with Crippen LogP contribution in [0.4, 0.5) is 0 Å². The lowest BCUT2D eigenvalue weighted by Gasteiger charge is -2.33. The molecule has 0 spiro atoms. The van der Waals surface area contributed by atoms with Crippen molar-refractivity contribution >= 4 is 5.91 Å². The minimum Gasteiger partial charge on any atom is -0.383 e. The van der Waals surface area contributed by atoms with Crippen LogP contribution >= 0.6 is 0 Å². The van der Waals surface area contributed by atoms with Gasteiger partial charge in [0.2, 0.25) is 5.91 Å². The monoisotopic (exact) mass is 337 g/mol. The zero-order valence-corrected chi connectivity index (χ0v) is 15.4. The average molecular weight is 338 g/mol. The van der Waals surface area contributed by atoms with Gasteiger partial charge in [-0.15, -0.1) is 0 Å². The van der Waals surface area contributed by atoms with Gasteiger partial charge in [-0.3, -0.25) is 9.69 Å². The summed E-state index contributed by atoms with van der Waals surface area (Å²) in [6, 6.07) is 0.782. The second-order valence-corrected chi connectivity index (χ2v) is 7.79. The topological polar surface area (TPSA) is 36.0 Å². The van der Waals surface area contributed by atoms with Crippen molar-refractivity contribution in [1.82, 2.24) is 14.7 Å². The molecule has 3 aliphatic rings. The molecule has 138 valence electrons. The van der Waals surface area contributed by atoms with E-state index < -0.39 is 0 Å². The Hall–Kier alpha value is -0.650. The van der Waals surface area contributed by atoms with Crippen molar-refractivity contribution in [2.24, 2.45) is 5.92 Å². The Morgan fingerprint density at radius 3 is 2.58 bits per heavy atom. The molecule has 1 aliphatic carbocycles. The van der Waals surface area contributed by atoms with E-state index in [0.717, 1.165) is 64.8 Å². The maximum absolute atomic E-state index is 12.9. The number of hydrogen-bond donors (Lipinski definition) is 0. The Kier molecular flexibility index (Phi) is 6.93. The number of nitrogens with zero attached hydrogens (tertiary/aromatic N) is 3. The quantitative estimate of drug-likeness (QED) is 0.767. The van der Waals surface area contributed by atoms with Gasteiger partial charge in [-0.25, -0.2) is 0 Å². The van der Waals surface area contributed by atoms with E-state index in [1.165, 1.54) is 38.6 Å². The van der Waals surface area contributed by atoms with Crippen LogP contribution in [-0.4, -0.2) is 86.2 Å². The second kappa shape index (κ2) is 9.16. The van der Waals surface area contributed by atoms with E-state index in [9.17, 15) is 4.79 Å². The number of likely N-dealkylation sites (tertiary alicyclic amines) is 1. The van der Waals surface area contributed by atoms with E-state index in [0.29, 0.717) is 5.91 Å². The highest BCUT2D eigenvalue weighted by Crippen LogP contribution is 2.24. The second-order valence-electron chi connectivity index (χ2n) is 7.79. The van der Waals surface area contributed by atoms with Crippen LogP contribution in [0.15, 0.2) is 0 Å². The first-order valence-electron chi connectivity index (χ1n) is 10.0. The van der Waals surface area contributed by atoms with Gasteiger partial charge in [0, 0.05) is 52.4 Å². The minimum atomic E-state index is 0.211. The van der Waals surface area contributed by atoms with E-state index in [2.05, 4.69) is 14.7 Å². The molecule has 1 amide bonds. The molecule has 1 saturated carbocycles. The van der Waals surface area contributed by atoms with Gasteiger partial charge in [-0.2, -0.15) is 0 Å². The third-order valence-corrected chi connectivity index (χ3v) is 6.17. The van der Waals surface area contributed by atoms with Gasteiger partial charge in [0.05, 0.1) is 12.5 Å². The Labute approximate surface area is 147 Å². The van der Waals surface area contributed by atoms with Crippen LogP contribution in [-0.2, 0) is 9.53 Å². The van der Waals surface area contributed by atoms with Crippen molar-refractivity contribution in [2.45, 2.75) is 51.0 Å². The van der Waals surface area contributed by atoms with Crippen molar-refractivity contribution in [1.29, 1.82) is 0 Å². The third-order valence-electron chi connectivity index (χ3n) is 6.17. The number of methoxy groups -OCH3 is 1. The van der Waals surface area contributed by atoms with Crippen LogP contribution in [0, 0.1) is 5.92 Å². The smallest absolute Gasteiger partial charge is 0.227 e. The fraction of sp³-hybridized carbons (Fsp3) is 0.947. The Morgan fingerprint density at radius 2 is 1.79 bits per heavy atom. The standard InChI is InChI=1S/C19H35N3O2/c1-24-15-14-20-11-8-17(16-20)19(23)22-10-5-9-21(12-13-22)18-6-3-2-4-7-18/h17-18H,2-16H2,1H3/t17-/m0/s1. The van der Waals surface area contributed by atoms with Crippen LogP contribution < -0.4 is 0 Å². The normalized spacial score (nSPS) is 28.2. The van der Waals surface area contributed by atoms with Crippen molar-refractivity contribution in [2.75, 3.05) is 59.5 Å². The van der Waals surface area contributed by atoms with E-state index >= 15 is 0 Å². The van der Waals surface area contributed by atoms with Gasteiger partial charge < -0.3 is 14.5 Å². The van der Waals surface area contributed by atoms with Crippen LogP contribution in [0.2, 0.25) is 0 Å². The summed E-state index contributed by atoms with van der Waals surface area (Å²) >= 11 is 0. The van der Waals surface area contributed by atoms with Crippen molar-refractivity contribution in [3.8, 4) is 0 Å². The Balaban J connectivity index is 1.46. The van der Waals surface area contributed by atoms with Gasteiger partial charge in [0.1, 0.15) is 0 Å². The summed E-state index contributed by atoms with van der Waals surface area (Å²) in [6.45, 7) is 7.83. The number of ether oxygens (including phenoxy) is 1.